The first-order valence-electron chi connectivity index (χ1n) is 4.83. The number of nitrogens with two attached hydrogens (primary N) is 1. The van der Waals surface area contributed by atoms with E-state index in [1.165, 1.54) is 6.07 Å². The highest BCUT2D eigenvalue weighted by Crippen LogP contribution is 2.24. The Labute approximate surface area is 91.6 Å². The van der Waals surface area contributed by atoms with E-state index in [0.717, 1.165) is 0 Å². The van der Waals surface area contributed by atoms with Gasteiger partial charge in [-0.25, -0.2) is 0 Å². The Morgan fingerprint density at radius 1 is 1.44 bits per heavy atom. The average Bonchev–Trinajstić information content (AvgIpc) is 2.14. The molecule has 0 aliphatic rings. The Bertz CT molecular complexity index is 260. The molecule has 4 nitrogen and oxygen atoms in total. The maximum absolute atomic E-state index is 12.1. The van der Waals surface area contributed by atoms with Gasteiger partial charge in [0.1, 0.15) is 0 Å². The molecule has 0 fully saturated rings. The highest BCUT2D eigenvalue weighted by atomic mass is 19.4. The quantitative estimate of drug-likeness (QED) is 0.646. The predicted molar refractivity (Wildman–Crippen MR) is 51.1 cm³/mol. The zero-order valence-corrected chi connectivity index (χ0v) is 8.68. The van der Waals surface area contributed by atoms with Gasteiger partial charge in [-0.2, -0.15) is 18.4 Å². The van der Waals surface area contributed by atoms with Crippen molar-refractivity contribution in [2.24, 2.45) is 11.7 Å². The van der Waals surface area contributed by atoms with Gasteiger partial charge in [0.05, 0.1) is 6.07 Å². The molecule has 0 aromatic carbocycles. The number of rotatable bonds is 7. The number of halogens is 3. The molecule has 0 heterocycles. The van der Waals surface area contributed by atoms with Gasteiger partial charge in [0.15, 0.2) is 5.92 Å². The first-order chi connectivity index (χ1) is 7.38. The second-order valence-electron chi connectivity index (χ2n) is 3.35. The zero-order valence-electron chi connectivity index (χ0n) is 8.68. The molecule has 0 aliphatic heterocycles. The van der Waals surface area contributed by atoms with Crippen LogP contribution in [-0.2, 0) is 4.79 Å². The Hall–Kier alpha value is -1.29. The van der Waals surface area contributed by atoms with Crippen LogP contribution in [0.2, 0.25) is 0 Å². The molecular formula is C9H14F3N3O. The van der Waals surface area contributed by atoms with Crippen LogP contribution in [0, 0.1) is 17.2 Å². The van der Waals surface area contributed by atoms with E-state index >= 15 is 0 Å². The van der Waals surface area contributed by atoms with E-state index in [2.05, 4.69) is 5.32 Å². The van der Waals surface area contributed by atoms with Gasteiger partial charge in [-0.1, -0.05) is 0 Å². The van der Waals surface area contributed by atoms with Crippen LogP contribution in [-0.4, -0.2) is 25.2 Å². The van der Waals surface area contributed by atoms with Crippen LogP contribution in [0.3, 0.4) is 0 Å². The second-order valence-corrected chi connectivity index (χ2v) is 3.35. The number of unbranched alkanes of at least 4 members (excludes halogenated alkanes) is 1. The Kier molecular flexibility index (Phi) is 6.49. The summed E-state index contributed by atoms with van der Waals surface area (Å²) in [5, 5.41) is 10.8. The topological polar surface area (TPSA) is 78.9 Å². The standard InChI is InChI=1S/C9H14F3N3O/c10-9(11,12)7(5-13)6-15-4-2-1-3-8(14)16/h7,15H,1-4,6H2,(H2,14,16). The molecule has 0 aromatic heterocycles. The molecule has 0 rings (SSSR count). The van der Waals surface area contributed by atoms with E-state index in [1.807, 2.05) is 0 Å². The van der Waals surface area contributed by atoms with Gasteiger partial charge < -0.3 is 11.1 Å². The van der Waals surface area contributed by atoms with Gasteiger partial charge in [-0.15, -0.1) is 0 Å². The number of carbonyl (C=O) groups is 1. The number of alkyl halides is 3. The minimum absolute atomic E-state index is 0.225. The first kappa shape index (κ1) is 14.7. The highest BCUT2D eigenvalue weighted by molar-refractivity contribution is 5.73. The SMILES string of the molecule is N#CC(CNCCCCC(N)=O)C(F)(F)F. The summed E-state index contributed by atoms with van der Waals surface area (Å²) in [6.45, 7) is -0.0852. The van der Waals surface area contributed by atoms with E-state index in [1.54, 1.807) is 0 Å². The molecule has 0 aromatic rings. The summed E-state index contributed by atoms with van der Waals surface area (Å²) in [5.74, 6) is -2.41. The molecule has 0 saturated heterocycles. The van der Waals surface area contributed by atoms with Crippen LogP contribution in [0.1, 0.15) is 19.3 Å². The number of nitrogens with one attached hydrogen (secondary N) is 1. The average molecular weight is 237 g/mol. The fourth-order valence-corrected chi connectivity index (χ4v) is 1.03. The van der Waals surface area contributed by atoms with Crippen molar-refractivity contribution in [1.29, 1.82) is 5.26 Å². The Morgan fingerprint density at radius 2 is 2.06 bits per heavy atom. The summed E-state index contributed by atoms with van der Waals surface area (Å²) in [6.07, 6.45) is -3.18. The zero-order chi connectivity index (χ0) is 12.6. The van der Waals surface area contributed by atoms with Gasteiger partial charge in [-0.3, -0.25) is 4.79 Å². The summed E-state index contributed by atoms with van der Waals surface area (Å²) in [5.41, 5.74) is 4.88. The lowest BCUT2D eigenvalue weighted by molar-refractivity contribution is -0.157. The summed E-state index contributed by atoms with van der Waals surface area (Å²) < 4.78 is 36.2. The predicted octanol–water partition coefficient (Wildman–Crippen LogP) is 0.934. The van der Waals surface area contributed by atoms with Crippen LogP contribution in [0.25, 0.3) is 0 Å². The number of hydrogen-bond donors (Lipinski definition) is 2. The molecule has 1 unspecified atom stereocenters. The smallest absolute Gasteiger partial charge is 0.370 e. The van der Waals surface area contributed by atoms with Crippen molar-refractivity contribution < 1.29 is 18.0 Å². The lowest BCUT2D eigenvalue weighted by Gasteiger charge is -2.13. The summed E-state index contributed by atoms with van der Waals surface area (Å²) in [7, 11) is 0. The Morgan fingerprint density at radius 3 is 2.50 bits per heavy atom. The van der Waals surface area contributed by atoms with Crippen molar-refractivity contribution in [3.05, 3.63) is 0 Å². The van der Waals surface area contributed by atoms with Crippen molar-refractivity contribution in [2.75, 3.05) is 13.1 Å². The molecule has 0 spiro atoms. The van der Waals surface area contributed by atoms with Gasteiger partial charge in [0, 0.05) is 13.0 Å². The molecule has 0 aliphatic carbocycles. The number of amides is 1. The van der Waals surface area contributed by atoms with Crippen molar-refractivity contribution in [1.82, 2.24) is 5.32 Å². The number of nitriles is 1. The molecule has 16 heavy (non-hydrogen) atoms. The van der Waals surface area contributed by atoms with Crippen LogP contribution in [0.4, 0.5) is 13.2 Å². The molecule has 1 amide bonds. The van der Waals surface area contributed by atoms with Crippen molar-refractivity contribution in [3.63, 3.8) is 0 Å². The van der Waals surface area contributed by atoms with Crippen LogP contribution in [0.5, 0.6) is 0 Å². The van der Waals surface area contributed by atoms with E-state index in [-0.39, 0.29) is 6.42 Å². The van der Waals surface area contributed by atoms with Gasteiger partial charge >= 0.3 is 6.18 Å². The maximum Gasteiger partial charge on any atom is 0.405 e. The van der Waals surface area contributed by atoms with Gasteiger partial charge in [0.2, 0.25) is 5.91 Å². The van der Waals surface area contributed by atoms with Crippen LogP contribution in [0.15, 0.2) is 0 Å². The van der Waals surface area contributed by atoms with E-state index < -0.39 is 24.5 Å². The van der Waals surface area contributed by atoms with Crippen molar-refractivity contribution >= 4 is 5.91 Å². The lowest BCUT2D eigenvalue weighted by Crippen LogP contribution is -2.33. The van der Waals surface area contributed by atoms with Crippen LogP contribution >= 0.6 is 0 Å². The van der Waals surface area contributed by atoms with Crippen molar-refractivity contribution in [2.45, 2.75) is 25.4 Å². The number of primary amides is 1. The molecule has 1 atom stereocenters. The minimum atomic E-state index is -4.49. The Balaban J connectivity index is 3.58. The third-order valence-corrected chi connectivity index (χ3v) is 1.93. The summed E-state index contributed by atoms with van der Waals surface area (Å²) >= 11 is 0. The third kappa shape index (κ3) is 7.06. The number of hydrogen-bond acceptors (Lipinski definition) is 3. The lowest BCUT2D eigenvalue weighted by atomic mass is 10.1. The van der Waals surface area contributed by atoms with Gasteiger partial charge in [-0.05, 0) is 19.4 Å². The molecular weight excluding hydrogens is 223 g/mol. The molecule has 7 heteroatoms. The first-order valence-corrected chi connectivity index (χ1v) is 4.83. The second kappa shape index (κ2) is 7.06. The molecule has 0 radical (unpaired) electrons. The third-order valence-electron chi connectivity index (χ3n) is 1.93. The maximum atomic E-state index is 12.1. The molecule has 3 N–H and O–H groups in total. The fraction of sp³-hybridized carbons (Fsp3) is 0.778. The van der Waals surface area contributed by atoms with E-state index in [9.17, 15) is 18.0 Å². The fourth-order valence-electron chi connectivity index (χ4n) is 1.03. The van der Waals surface area contributed by atoms with E-state index in [0.29, 0.717) is 19.4 Å². The molecule has 0 saturated carbocycles. The normalized spacial score (nSPS) is 13.1. The number of carbonyl (C=O) groups excluding carboxylic acids is 1. The molecule has 92 valence electrons. The number of nitrogens with zero attached hydrogens (tertiary/aromatic N) is 1. The van der Waals surface area contributed by atoms with E-state index in [4.69, 9.17) is 11.0 Å². The van der Waals surface area contributed by atoms with Gasteiger partial charge in [0.25, 0.3) is 0 Å². The minimum Gasteiger partial charge on any atom is -0.370 e. The highest BCUT2D eigenvalue weighted by Gasteiger charge is 2.39. The molecule has 0 bridgehead atoms. The monoisotopic (exact) mass is 237 g/mol. The summed E-state index contributed by atoms with van der Waals surface area (Å²) in [6, 6.07) is 1.19. The summed E-state index contributed by atoms with van der Waals surface area (Å²) in [4.78, 5) is 10.3. The largest absolute Gasteiger partial charge is 0.405 e. The van der Waals surface area contributed by atoms with Crippen LogP contribution < -0.4 is 11.1 Å². The van der Waals surface area contributed by atoms with Crippen molar-refractivity contribution in [3.8, 4) is 6.07 Å².